The fourth-order valence-corrected chi connectivity index (χ4v) is 4.35. The molecule has 7 heteroatoms. The van der Waals surface area contributed by atoms with Crippen LogP contribution in [0.5, 0.6) is 0 Å². The average molecular weight is 526 g/mol. The van der Waals surface area contributed by atoms with Crippen LogP contribution >= 0.6 is 35.3 Å². The predicted molar refractivity (Wildman–Crippen MR) is 132 cm³/mol. The summed E-state index contributed by atoms with van der Waals surface area (Å²) in [6.07, 6.45) is 3.25. The molecule has 1 aliphatic heterocycles. The molecule has 29 heavy (non-hydrogen) atoms. The third-order valence-electron chi connectivity index (χ3n) is 5.29. The van der Waals surface area contributed by atoms with Crippen LogP contribution in [0.15, 0.2) is 52.8 Å². The number of nitrogens with zero attached hydrogens (tertiary/aromatic N) is 2. The molecular formula is C22H31IN4OS. The molecule has 2 N–H and O–H groups in total. The number of amides is 1. The second-order valence-corrected chi connectivity index (χ2v) is 8.30. The molecule has 0 radical (unpaired) electrons. The predicted octanol–water partition coefficient (Wildman–Crippen LogP) is 4.07. The molecule has 0 saturated carbocycles. The highest BCUT2D eigenvalue weighted by molar-refractivity contribution is 14.0. The number of carbonyl (C=O) groups is 1. The number of benzene rings is 1. The number of hydrogen-bond acceptors (Lipinski definition) is 3. The Bertz CT molecular complexity index is 758. The zero-order chi connectivity index (χ0) is 19.8. The van der Waals surface area contributed by atoms with Gasteiger partial charge in [0.2, 0.25) is 5.91 Å². The van der Waals surface area contributed by atoms with Gasteiger partial charge >= 0.3 is 0 Å². The fraction of sp³-hybridized carbons (Fsp3) is 0.455. The molecule has 1 aliphatic rings. The number of aliphatic imine (C=N–C) groups is 1. The van der Waals surface area contributed by atoms with Crippen molar-refractivity contribution in [3.05, 3.63) is 58.3 Å². The van der Waals surface area contributed by atoms with Gasteiger partial charge in [0, 0.05) is 25.0 Å². The molecule has 2 aromatic rings. The number of hydrogen-bond donors (Lipinski definition) is 2. The Morgan fingerprint density at radius 1 is 1.21 bits per heavy atom. The Labute approximate surface area is 195 Å². The Kier molecular flexibility index (Phi) is 9.93. The van der Waals surface area contributed by atoms with E-state index in [1.807, 2.05) is 11.0 Å². The smallest absolute Gasteiger partial charge is 0.241 e. The van der Waals surface area contributed by atoms with Crippen molar-refractivity contribution in [2.75, 3.05) is 26.7 Å². The number of guanidine groups is 1. The molecule has 0 aliphatic carbocycles. The summed E-state index contributed by atoms with van der Waals surface area (Å²) in [4.78, 5) is 20.0. The first-order valence-corrected chi connectivity index (χ1v) is 10.9. The van der Waals surface area contributed by atoms with Crippen molar-refractivity contribution >= 4 is 47.2 Å². The lowest BCUT2D eigenvalue weighted by Crippen LogP contribution is -2.47. The molecule has 0 spiro atoms. The van der Waals surface area contributed by atoms with Gasteiger partial charge in [-0.05, 0) is 49.1 Å². The van der Waals surface area contributed by atoms with Crippen LogP contribution < -0.4 is 10.6 Å². The van der Waals surface area contributed by atoms with Gasteiger partial charge in [0.05, 0.1) is 12.6 Å². The number of piperidine rings is 1. The summed E-state index contributed by atoms with van der Waals surface area (Å²) in [5.74, 6) is 1.47. The second-order valence-electron chi connectivity index (χ2n) is 7.32. The van der Waals surface area contributed by atoms with Crippen LogP contribution in [0, 0.1) is 5.92 Å². The largest absolute Gasteiger partial charge is 0.349 e. The van der Waals surface area contributed by atoms with Crippen molar-refractivity contribution in [2.45, 2.75) is 32.2 Å². The van der Waals surface area contributed by atoms with Gasteiger partial charge < -0.3 is 15.5 Å². The number of nitrogens with one attached hydrogen (secondary N) is 2. The molecular weight excluding hydrogens is 495 g/mol. The minimum atomic E-state index is 0. The van der Waals surface area contributed by atoms with E-state index in [-0.39, 0.29) is 42.5 Å². The minimum Gasteiger partial charge on any atom is -0.349 e. The molecule has 1 fully saturated rings. The average Bonchev–Trinajstić information content (AvgIpc) is 3.27. The van der Waals surface area contributed by atoms with E-state index in [1.54, 1.807) is 18.4 Å². The minimum absolute atomic E-state index is 0. The van der Waals surface area contributed by atoms with Gasteiger partial charge in [0.25, 0.3) is 0 Å². The molecule has 1 saturated heterocycles. The lowest BCUT2D eigenvalue weighted by Gasteiger charge is -2.32. The maximum atomic E-state index is 12.6. The summed E-state index contributed by atoms with van der Waals surface area (Å²) in [5.41, 5.74) is 1.39. The number of carbonyl (C=O) groups excluding carboxylic acids is 1. The van der Waals surface area contributed by atoms with Crippen LogP contribution in [0.4, 0.5) is 0 Å². The number of likely N-dealkylation sites (tertiary alicyclic amines) is 1. The van der Waals surface area contributed by atoms with E-state index < -0.39 is 0 Å². The molecule has 1 aromatic heterocycles. The highest BCUT2D eigenvalue weighted by Gasteiger charge is 2.23. The van der Waals surface area contributed by atoms with Crippen molar-refractivity contribution in [1.82, 2.24) is 15.5 Å². The summed E-state index contributed by atoms with van der Waals surface area (Å²) < 4.78 is 0. The Balaban J connectivity index is 0.00000300. The van der Waals surface area contributed by atoms with Gasteiger partial charge in [0.15, 0.2) is 5.96 Å². The van der Waals surface area contributed by atoms with Gasteiger partial charge in [-0.3, -0.25) is 9.79 Å². The third-order valence-corrected chi connectivity index (χ3v) is 6.34. The summed E-state index contributed by atoms with van der Waals surface area (Å²) in [5, 5.41) is 8.57. The number of thiophene rings is 1. The first-order valence-electron chi connectivity index (χ1n) is 9.98. The van der Waals surface area contributed by atoms with E-state index >= 15 is 0 Å². The van der Waals surface area contributed by atoms with Crippen molar-refractivity contribution in [3.8, 4) is 0 Å². The summed E-state index contributed by atoms with van der Waals surface area (Å²) in [6, 6.07) is 14.9. The normalized spacial score (nSPS) is 16.1. The molecule has 2 heterocycles. The topological polar surface area (TPSA) is 56.7 Å². The van der Waals surface area contributed by atoms with Gasteiger partial charge in [-0.2, -0.15) is 0 Å². The number of halogens is 1. The van der Waals surface area contributed by atoms with Gasteiger partial charge in [0.1, 0.15) is 0 Å². The van der Waals surface area contributed by atoms with Crippen molar-refractivity contribution < 1.29 is 4.79 Å². The quantitative estimate of drug-likeness (QED) is 0.339. The molecule has 0 bridgehead atoms. The Hall–Kier alpha value is -1.61. The van der Waals surface area contributed by atoms with Crippen LogP contribution in [-0.2, 0) is 11.2 Å². The van der Waals surface area contributed by atoms with E-state index in [4.69, 9.17) is 0 Å². The molecule has 5 nitrogen and oxygen atoms in total. The van der Waals surface area contributed by atoms with Crippen LogP contribution in [0.1, 0.15) is 36.2 Å². The first-order chi connectivity index (χ1) is 13.7. The molecule has 1 atom stereocenters. The highest BCUT2D eigenvalue weighted by Crippen LogP contribution is 2.21. The van der Waals surface area contributed by atoms with Crippen molar-refractivity contribution in [1.29, 1.82) is 0 Å². The summed E-state index contributed by atoms with van der Waals surface area (Å²) >= 11 is 1.71. The lowest BCUT2D eigenvalue weighted by molar-refractivity contribution is -0.131. The van der Waals surface area contributed by atoms with E-state index in [2.05, 4.69) is 64.3 Å². The van der Waals surface area contributed by atoms with Crippen LogP contribution in [0.3, 0.4) is 0 Å². The molecule has 1 aromatic carbocycles. The maximum absolute atomic E-state index is 12.6. The fourth-order valence-electron chi connectivity index (χ4n) is 3.61. The van der Waals surface area contributed by atoms with Crippen LogP contribution in [-0.4, -0.2) is 43.4 Å². The maximum Gasteiger partial charge on any atom is 0.241 e. The van der Waals surface area contributed by atoms with E-state index in [0.717, 1.165) is 32.4 Å². The standard InChI is InChI=1S/C22H30N4OS.HI/c1-17(20-9-6-14-28-20)25-22(23-2)24-16-21(27)26-12-10-19(11-13-26)15-18-7-4-3-5-8-18;/h3-9,14,17,19H,10-13,15-16H2,1-2H3,(H2,23,24,25);1H. The second kappa shape index (κ2) is 12.2. The van der Waals surface area contributed by atoms with Gasteiger partial charge in [-0.1, -0.05) is 36.4 Å². The van der Waals surface area contributed by atoms with E-state index in [1.165, 1.54) is 10.4 Å². The van der Waals surface area contributed by atoms with Gasteiger partial charge in [-0.25, -0.2) is 0 Å². The van der Waals surface area contributed by atoms with Crippen molar-refractivity contribution in [3.63, 3.8) is 0 Å². The van der Waals surface area contributed by atoms with E-state index in [0.29, 0.717) is 11.9 Å². The summed E-state index contributed by atoms with van der Waals surface area (Å²) in [7, 11) is 1.73. The molecule has 1 amide bonds. The Morgan fingerprint density at radius 3 is 2.55 bits per heavy atom. The zero-order valence-electron chi connectivity index (χ0n) is 17.1. The highest BCUT2D eigenvalue weighted by atomic mass is 127. The molecule has 3 rings (SSSR count). The third kappa shape index (κ3) is 7.29. The van der Waals surface area contributed by atoms with Crippen LogP contribution in [0.2, 0.25) is 0 Å². The van der Waals surface area contributed by atoms with Crippen molar-refractivity contribution in [2.24, 2.45) is 10.9 Å². The first kappa shape index (κ1) is 23.7. The zero-order valence-corrected chi connectivity index (χ0v) is 20.3. The lowest BCUT2D eigenvalue weighted by atomic mass is 9.90. The van der Waals surface area contributed by atoms with Crippen LogP contribution in [0.25, 0.3) is 0 Å². The summed E-state index contributed by atoms with van der Waals surface area (Å²) in [6.45, 7) is 4.06. The molecule has 1 unspecified atom stereocenters. The monoisotopic (exact) mass is 526 g/mol. The Morgan fingerprint density at radius 2 is 1.93 bits per heavy atom. The van der Waals surface area contributed by atoms with E-state index in [9.17, 15) is 4.79 Å². The van der Waals surface area contributed by atoms with Gasteiger partial charge in [-0.15, -0.1) is 35.3 Å². The molecule has 158 valence electrons. The SMILES string of the molecule is CN=C(NCC(=O)N1CCC(Cc2ccccc2)CC1)NC(C)c1cccs1.I. The number of rotatable bonds is 6.